The van der Waals surface area contributed by atoms with Crippen LogP contribution in [-0.2, 0) is 18.9 Å². The maximum Gasteiger partial charge on any atom is 0.187 e. The third-order valence-electron chi connectivity index (χ3n) is 14.1. The first-order valence-electron chi connectivity index (χ1n) is 17.0. The summed E-state index contributed by atoms with van der Waals surface area (Å²) in [6, 6.07) is 0. The van der Waals surface area contributed by atoms with Crippen LogP contribution in [-0.4, -0.2) is 105 Å². The minimum Gasteiger partial charge on any atom is -0.394 e. The summed E-state index contributed by atoms with van der Waals surface area (Å²) >= 11 is 0. The highest BCUT2D eigenvalue weighted by Crippen LogP contribution is 2.71. The lowest BCUT2D eigenvalue weighted by Gasteiger charge is -2.62. The molecule has 0 aromatic heterocycles. The summed E-state index contributed by atoms with van der Waals surface area (Å²) < 4.78 is 24.9. The van der Waals surface area contributed by atoms with Crippen LogP contribution in [0.4, 0.5) is 0 Å². The smallest absolute Gasteiger partial charge is 0.187 e. The highest BCUT2D eigenvalue weighted by Gasteiger charge is 2.72. The standard InChI is InChI=1S/C33H54O10/c1-15-7-10-33(40-14-15)16(2)23-29(43-33)26(37)24-18-6-5-17-11-21(41-30-28(39)27(38)25(36)22(13-34)42-30)20(35)12-32(17,4)19(18)8-9-31(23,24)3/h15-30,34-39H,5-14H2,1-4H3/t15-,16+,17-,18+,19-,20+,21-,22+,23-,24+,25+,26-,27+,28+,29+,30-,31+,32-,33-/m1/s1. The molecule has 0 amide bonds. The van der Waals surface area contributed by atoms with Crippen LogP contribution in [0.25, 0.3) is 0 Å². The van der Waals surface area contributed by atoms with E-state index in [4.69, 9.17) is 18.9 Å². The second kappa shape index (κ2) is 10.8. The van der Waals surface area contributed by atoms with E-state index in [-0.39, 0.29) is 34.7 Å². The second-order valence-electron chi connectivity index (χ2n) is 16.2. The van der Waals surface area contributed by atoms with Gasteiger partial charge in [0, 0.05) is 18.3 Å². The van der Waals surface area contributed by atoms with Gasteiger partial charge in [0.2, 0.25) is 0 Å². The van der Waals surface area contributed by atoms with Gasteiger partial charge in [-0.05, 0) is 85.4 Å². The van der Waals surface area contributed by atoms with Crippen molar-refractivity contribution >= 4 is 0 Å². The minimum atomic E-state index is -1.51. The van der Waals surface area contributed by atoms with Crippen LogP contribution in [0.3, 0.4) is 0 Å². The van der Waals surface area contributed by atoms with Gasteiger partial charge in [0.1, 0.15) is 24.4 Å². The summed E-state index contributed by atoms with van der Waals surface area (Å²) in [7, 11) is 0. The second-order valence-corrected chi connectivity index (χ2v) is 16.2. The number of ether oxygens (including phenoxy) is 4. The molecule has 43 heavy (non-hydrogen) atoms. The Morgan fingerprint density at radius 2 is 1.60 bits per heavy atom. The van der Waals surface area contributed by atoms with E-state index in [9.17, 15) is 30.6 Å². The van der Waals surface area contributed by atoms with Crippen molar-refractivity contribution in [3.05, 3.63) is 0 Å². The zero-order valence-electron chi connectivity index (χ0n) is 26.1. The third-order valence-corrected chi connectivity index (χ3v) is 14.1. The zero-order valence-corrected chi connectivity index (χ0v) is 26.1. The number of aliphatic hydroxyl groups is 6. The maximum atomic E-state index is 12.0. The number of aliphatic hydroxyl groups excluding tert-OH is 6. The van der Waals surface area contributed by atoms with Crippen LogP contribution in [0.2, 0.25) is 0 Å². The normalized spacial score (nSPS) is 61.5. The third kappa shape index (κ3) is 4.49. The molecule has 0 unspecified atom stereocenters. The quantitative estimate of drug-likeness (QED) is 0.259. The summed E-state index contributed by atoms with van der Waals surface area (Å²) in [6.07, 6.45) is -1.65. The Morgan fingerprint density at radius 1 is 0.837 bits per heavy atom. The Kier molecular flexibility index (Phi) is 7.86. The Bertz CT molecular complexity index is 1030. The van der Waals surface area contributed by atoms with Gasteiger partial charge in [0.15, 0.2) is 12.1 Å². The summed E-state index contributed by atoms with van der Waals surface area (Å²) in [5, 5.41) is 63.9. The lowest BCUT2D eigenvalue weighted by atomic mass is 9.44. The van der Waals surface area contributed by atoms with E-state index in [2.05, 4.69) is 27.7 Å². The first-order valence-corrected chi connectivity index (χ1v) is 17.0. The van der Waals surface area contributed by atoms with Gasteiger partial charge in [-0.1, -0.05) is 27.7 Å². The SMILES string of the molecule is C[C@@H]1CC[C@@]2(OC1)O[C@@H]1[C@H](O)[C@@H]3[C@H]4CC[C@@H]5C[C@@H](O[C@@H]6O[C@@H](CO)[C@H](O)[C@H](O)[C@@H]6O)[C@@H](O)C[C@@]5(C)[C@@H]4CC[C@@]3(C)[C@@H]1[C@@H]2C. The van der Waals surface area contributed by atoms with E-state index in [1.807, 2.05) is 0 Å². The number of hydrogen-bond acceptors (Lipinski definition) is 10. The average molecular weight is 611 g/mol. The topological polar surface area (TPSA) is 158 Å². The van der Waals surface area contributed by atoms with E-state index in [0.29, 0.717) is 43.1 Å². The highest BCUT2D eigenvalue weighted by molar-refractivity contribution is 5.18. The molecule has 4 saturated carbocycles. The van der Waals surface area contributed by atoms with Crippen molar-refractivity contribution in [2.45, 2.75) is 140 Å². The number of fused-ring (bicyclic) bond motifs is 7. The largest absolute Gasteiger partial charge is 0.394 e. The predicted octanol–water partition coefficient (Wildman–Crippen LogP) is 1.56. The number of hydrogen-bond donors (Lipinski definition) is 6. The van der Waals surface area contributed by atoms with E-state index in [1.54, 1.807) is 0 Å². The van der Waals surface area contributed by atoms with Gasteiger partial charge in [-0.15, -0.1) is 0 Å². The highest BCUT2D eigenvalue weighted by atomic mass is 16.7. The summed E-state index contributed by atoms with van der Waals surface area (Å²) in [5.41, 5.74) is -0.140. The van der Waals surface area contributed by atoms with Crippen LogP contribution in [0.5, 0.6) is 0 Å². The molecule has 7 aliphatic rings. The van der Waals surface area contributed by atoms with Gasteiger partial charge in [-0.3, -0.25) is 0 Å². The van der Waals surface area contributed by atoms with E-state index >= 15 is 0 Å². The van der Waals surface area contributed by atoms with Crippen LogP contribution in [0.1, 0.15) is 79.1 Å². The van der Waals surface area contributed by atoms with Gasteiger partial charge in [0.25, 0.3) is 0 Å². The fourth-order valence-corrected chi connectivity index (χ4v) is 11.8. The fourth-order valence-electron chi connectivity index (χ4n) is 11.8. The molecule has 1 spiro atoms. The monoisotopic (exact) mass is 610 g/mol. The molecule has 10 heteroatoms. The molecular formula is C33H54O10. The Hall–Kier alpha value is -0.400. The van der Waals surface area contributed by atoms with Gasteiger partial charge in [-0.25, -0.2) is 0 Å². The average Bonchev–Trinajstić information content (AvgIpc) is 3.38. The fraction of sp³-hybridized carbons (Fsp3) is 1.00. The van der Waals surface area contributed by atoms with E-state index in [1.165, 1.54) is 0 Å². The van der Waals surface area contributed by atoms with Gasteiger partial charge in [-0.2, -0.15) is 0 Å². The predicted molar refractivity (Wildman–Crippen MR) is 153 cm³/mol. The molecule has 3 heterocycles. The summed E-state index contributed by atoms with van der Waals surface area (Å²) in [5.74, 6) is 1.64. The maximum absolute atomic E-state index is 12.0. The minimum absolute atomic E-state index is 0.0220. The van der Waals surface area contributed by atoms with Crippen molar-refractivity contribution in [3.8, 4) is 0 Å². The lowest BCUT2D eigenvalue weighted by molar-refractivity contribution is -0.324. The molecule has 6 N–H and O–H groups in total. The molecule has 0 aromatic rings. The molecule has 0 radical (unpaired) electrons. The zero-order chi connectivity index (χ0) is 30.6. The first kappa shape index (κ1) is 31.2. The molecule has 246 valence electrons. The van der Waals surface area contributed by atoms with Crippen LogP contribution < -0.4 is 0 Å². The van der Waals surface area contributed by atoms with E-state index < -0.39 is 61.4 Å². The van der Waals surface area contributed by atoms with Crippen molar-refractivity contribution in [3.63, 3.8) is 0 Å². The summed E-state index contributed by atoms with van der Waals surface area (Å²) in [6.45, 7) is 9.43. The van der Waals surface area contributed by atoms with Crippen LogP contribution in [0, 0.1) is 52.3 Å². The van der Waals surface area contributed by atoms with E-state index in [0.717, 1.165) is 38.5 Å². The van der Waals surface area contributed by atoms with Crippen LogP contribution >= 0.6 is 0 Å². The lowest BCUT2D eigenvalue weighted by Crippen LogP contribution is -2.62. The van der Waals surface area contributed by atoms with Crippen molar-refractivity contribution < 1.29 is 49.6 Å². The van der Waals surface area contributed by atoms with Gasteiger partial charge < -0.3 is 49.6 Å². The molecule has 4 aliphatic carbocycles. The first-order chi connectivity index (χ1) is 20.3. The van der Waals surface area contributed by atoms with Crippen molar-refractivity contribution in [1.82, 2.24) is 0 Å². The Labute approximate surface area is 255 Å². The molecule has 7 fully saturated rings. The van der Waals surface area contributed by atoms with Crippen molar-refractivity contribution in [2.75, 3.05) is 13.2 Å². The van der Waals surface area contributed by atoms with Gasteiger partial charge >= 0.3 is 0 Å². The Balaban J connectivity index is 1.07. The Morgan fingerprint density at radius 3 is 2.30 bits per heavy atom. The molecule has 0 bridgehead atoms. The molecule has 7 rings (SSSR count). The molecule has 10 nitrogen and oxygen atoms in total. The summed E-state index contributed by atoms with van der Waals surface area (Å²) in [4.78, 5) is 0. The van der Waals surface area contributed by atoms with Crippen molar-refractivity contribution in [1.29, 1.82) is 0 Å². The molecular weight excluding hydrogens is 556 g/mol. The molecule has 3 aliphatic heterocycles. The molecule has 0 aromatic carbocycles. The van der Waals surface area contributed by atoms with Crippen molar-refractivity contribution in [2.24, 2.45) is 52.3 Å². The van der Waals surface area contributed by atoms with Gasteiger partial charge in [0.05, 0.1) is 37.6 Å². The van der Waals surface area contributed by atoms with Crippen LogP contribution in [0.15, 0.2) is 0 Å². The molecule has 3 saturated heterocycles. The number of rotatable bonds is 3. The molecule has 19 atom stereocenters.